The van der Waals surface area contributed by atoms with Gasteiger partial charge < -0.3 is 10.1 Å². The number of nitrogens with one attached hydrogen (secondary N) is 1. The van der Waals surface area contributed by atoms with E-state index in [0.717, 1.165) is 31.3 Å². The Kier molecular flexibility index (Phi) is 4.20. The summed E-state index contributed by atoms with van der Waals surface area (Å²) >= 11 is 0. The molecule has 0 unspecified atom stereocenters. The van der Waals surface area contributed by atoms with Gasteiger partial charge in [-0.2, -0.15) is 0 Å². The number of carboxylic acids is 1. The molecule has 0 spiro atoms. The molecular weight excluding hydrogens is 256 g/mol. The van der Waals surface area contributed by atoms with Gasteiger partial charge in [0.1, 0.15) is 5.69 Å². The predicted octanol–water partition coefficient (Wildman–Crippen LogP) is 2.07. The van der Waals surface area contributed by atoms with E-state index >= 15 is 0 Å². The van der Waals surface area contributed by atoms with E-state index in [1.165, 1.54) is 0 Å². The van der Waals surface area contributed by atoms with Crippen molar-refractivity contribution >= 4 is 16.9 Å². The van der Waals surface area contributed by atoms with E-state index in [4.69, 9.17) is 5.11 Å². The number of aromatic carboxylic acids is 1. The molecule has 0 aliphatic rings. The van der Waals surface area contributed by atoms with Gasteiger partial charge in [-0.05, 0) is 30.8 Å². The number of hydrogen-bond donors (Lipinski definition) is 2. The number of fused-ring (bicyclic) bond motifs is 1. The van der Waals surface area contributed by atoms with E-state index in [9.17, 15) is 9.59 Å². The lowest BCUT2D eigenvalue weighted by molar-refractivity contribution is 0.0691. The zero-order valence-corrected chi connectivity index (χ0v) is 11.6. The second-order valence-corrected chi connectivity index (χ2v) is 4.69. The van der Waals surface area contributed by atoms with Gasteiger partial charge in [-0.25, -0.2) is 4.79 Å². The lowest BCUT2D eigenvalue weighted by Gasteiger charge is -2.18. The highest BCUT2D eigenvalue weighted by molar-refractivity contribution is 5.89. The molecule has 0 aliphatic carbocycles. The first-order valence-corrected chi connectivity index (χ1v) is 6.66. The number of aromatic amines is 1. The topological polar surface area (TPSA) is 73.4 Å². The minimum Gasteiger partial charge on any atom is -0.477 e. The molecule has 0 amide bonds. The van der Waals surface area contributed by atoms with Crippen LogP contribution in [0.25, 0.3) is 10.9 Å². The molecule has 1 aromatic carbocycles. The second kappa shape index (κ2) is 5.88. The fraction of sp³-hybridized carbons (Fsp3) is 0.333. The number of aromatic nitrogens is 1. The Morgan fingerprint density at radius 2 is 1.95 bits per heavy atom. The number of benzene rings is 1. The van der Waals surface area contributed by atoms with Gasteiger partial charge in [0.05, 0.1) is 0 Å². The monoisotopic (exact) mass is 274 g/mol. The van der Waals surface area contributed by atoms with Crippen LogP contribution < -0.4 is 5.43 Å². The van der Waals surface area contributed by atoms with Crippen LogP contribution in [0.4, 0.5) is 0 Å². The summed E-state index contributed by atoms with van der Waals surface area (Å²) in [5.41, 5.74) is 1.25. The molecule has 1 aromatic heterocycles. The maximum Gasteiger partial charge on any atom is 0.352 e. The molecule has 5 heteroatoms. The molecule has 106 valence electrons. The lowest BCUT2D eigenvalue weighted by Crippen LogP contribution is -2.22. The third-order valence-electron chi connectivity index (χ3n) is 3.43. The maximum atomic E-state index is 12.0. The van der Waals surface area contributed by atoms with Crippen LogP contribution in [0.2, 0.25) is 0 Å². The molecule has 0 fully saturated rings. The van der Waals surface area contributed by atoms with Crippen LogP contribution in [0.1, 0.15) is 29.9 Å². The van der Waals surface area contributed by atoms with Crippen LogP contribution in [-0.4, -0.2) is 34.0 Å². The van der Waals surface area contributed by atoms with Gasteiger partial charge in [-0.1, -0.05) is 19.9 Å². The summed E-state index contributed by atoms with van der Waals surface area (Å²) < 4.78 is 0. The lowest BCUT2D eigenvalue weighted by atomic mass is 10.1. The summed E-state index contributed by atoms with van der Waals surface area (Å²) in [4.78, 5) is 27.9. The Morgan fingerprint density at radius 1 is 1.25 bits per heavy atom. The maximum absolute atomic E-state index is 12.0. The summed E-state index contributed by atoms with van der Waals surface area (Å²) in [6.45, 7) is 6.86. The van der Waals surface area contributed by atoms with E-state index in [-0.39, 0.29) is 11.1 Å². The molecule has 1 heterocycles. The van der Waals surface area contributed by atoms with Crippen molar-refractivity contribution in [1.82, 2.24) is 9.88 Å². The van der Waals surface area contributed by atoms with Crippen molar-refractivity contribution in [3.05, 3.63) is 45.7 Å². The van der Waals surface area contributed by atoms with Crippen LogP contribution in [0.3, 0.4) is 0 Å². The third-order valence-corrected chi connectivity index (χ3v) is 3.43. The average molecular weight is 274 g/mol. The van der Waals surface area contributed by atoms with Crippen LogP contribution in [0.15, 0.2) is 29.1 Å². The third kappa shape index (κ3) is 2.88. The summed E-state index contributed by atoms with van der Waals surface area (Å²) in [6, 6.07) is 6.65. The van der Waals surface area contributed by atoms with E-state index < -0.39 is 5.97 Å². The SMILES string of the molecule is CCN(CC)Cc1ccc2[nH]c(C(=O)O)cc(=O)c2c1. The van der Waals surface area contributed by atoms with Gasteiger partial charge >= 0.3 is 5.97 Å². The molecule has 0 aliphatic heterocycles. The number of carboxylic acid groups (broad SMARTS) is 1. The Labute approximate surface area is 116 Å². The molecule has 0 saturated carbocycles. The van der Waals surface area contributed by atoms with Crippen molar-refractivity contribution in [3.63, 3.8) is 0 Å². The van der Waals surface area contributed by atoms with Crippen molar-refractivity contribution in [3.8, 4) is 0 Å². The largest absolute Gasteiger partial charge is 0.477 e. The van der Waals surface area contributed by atoms with Crippen LogP contribution in [-0.2, 0) is 6.54 Å². The van der Waals surface area contributed by atoms with E-state index in [0.29, 0.717) is 10.9 Å². The Morgan fingerprint density at radius 3 is 2.55 bits per heavy atom. The van der Waals surface area contributed by atoms with Gasteiger partial charge in [0, 0.05) is 23.5 Å². The van der Waals surface area contributed by atoms with Crippen molar-refractivity contribution < 1.29 is 9.90 Å². The Hall–Kier alpha value is -2.14. The number of pyridine rings is 1. The van der Waals surface area contributed by atoms with Crippen molar-refractivity contribution in [2.45, 2.75) is 20.4 Å². The highest BCUT2D eigenvalue weighted by atomic mass is 16.4. The fourth-order valence-corrected chi connectivity index (χ4v) is 2.21. The fourth-order valence-electron chi connectivity index (χ4n) is 2.21. The number of rotatable bonds is 5. The molecule has 2 aromatic rings. The Balaban J connectivity index is 2.45. The van der Waals surface area contributed by atoms with Crippen LogP contribution in [0, 0.1) is 0 Å². The standard InChI is InChI=1S/C15H18N2O3/c1-3-17(4-2)9-10-5-6-12-11(7-10)14(18)8-13(16-12)15(19)20/h5-8H,3-4,9H2,1-2H3,(H,16,18)(H,19,20). The number of nitrogens with zero attached hydrogens (tertiary/aromatic N) is 1. The Bertz CT molecular complexity index is 687. The molecule has 2 N–H and O–H groups in total. The molecule has 0 atom stereocenters. The molecule has 2 rings (SSSR count). The summed E-state index contributed by atoms with van der Waals surface area (Å²) in [6.07, 6.45) is 0. The molecular formula is C15H18N2O3. The molecule has 0 bridgehead atoms. The number of hydrogen-bond acceptors (Lipinski definition) is 3. The quantitative estimate of drug-likeness (QED) is 0.875. The summed E-state index contributed by atoms with van der Waals surface area (Å²) in [7, 11) is 0. The van der Waals surface area contributed by atoms with Gasteiger partial charge in [0.15, 0.2) is 5.43 Å². The first-order chi connectivity index (χ1) is 9.55. The summed E-state index contributed by atoms with van der Waals surface area (Å²) in [5, 5.41) is 9.46. The van der Waals surface area contributed by atoms with Crippen molar-refractivity contribution in [2.75, 3.05) is 13.1 Å². The molecule has 20 heavy (non-hydrogen) atoms. The van der Waals surface area contributed by atoms with Gasteiger partial charge in [0.2, 0.25) is 0 Å². The molecule has 0 radical (unpaired) electrons. The van der Waals surface area contributed by atoms with Gasteiger partial charge in [-0.15, -0.1) is 0 Å². The first-order valence-electron chi connectivity index (χ1n) is 6.66. The van der Waals surface area contributed by atoms with Crippen LogP contribution >= 0.6 is 0 Å². The number of carbonyl (C=O) groups is 1. The normalized spacial score (nSPS) is 11.2. The van der Waals surface area contributed by atoms with E-state index in [1.807, 2.05) is 12.1 Å². The summed E-state index contributed by atoms with van der Waals surface area (Å²) in [5.74, 6) is -1.13. The minimum atomic E-state index is -1.13. The highest BCUT2D eigenvalue weighted by Crippen LogP contribution is 2.13. The smallest absolute Gasteiger partial charge is 0.352 e. The van der Waals surface area contributed by atoms with Crippen molar-refractivity contribution in [2.24, 2.45) is 0 Å². The van der Waals surface area contributed by atoms with E-state index in [2.05, 4.69) is 23.7 Å². The van der Waals surface area contributed by atoms with E-state index in [1.54, 1.807) is 6.07 Å². The molecule has 0 saturated heterocycles. The minimum absolute atomic E-state index is 0.0843. The van der Waals surface area contributed by atoms with Gasteiger partial charge in [-0.3, -0.25) is 9.69 Å². The van der Waals surface area contributed by atoms with Crippen molar-refractivity contribution in [1.29, 1.82) is 0 Å². The number of H-pyrrole nitrogens is 1. The van der Waals surface area contributed by atoms with Crippen LogP contribution in [0.5, 0.6) is 0 Å². The zero-order valence-electron chi connectivity index (χ0n) is 11.6. The second-order valence-electron chi connectivity index (χ2n) is 4.69. The predicted molar refractivity (Wildman–Crippen MR) is 78.2 cm³/mol. The average Bonchev–Trinajstić information content (AvgIpc) is 2.44. The van der Waals surface area contributed by atoms with Gasteiger partial charge in [0.25, 0.3) is 0 Å². The zero-order chi connectivity index (χ0) is 14.7. The first kappa shape index (κ1) is 14.3. The highest BCUT2D eigenvalue weighted by Gasteiger charge is 2.09. The molecule has 5 nitrogen and oxygen atoms in total.